The molecule has 1 heterocycles. The molecule has 1 aromatic heterocycles. The predicted octanol–water partition coefficient (Wildman–Crippen LogP) is 3.23. The second kappa shape index (κ2) is 7.13. The van der Waals surface area contributed by atoms with Gasteiger partial charge >= 0.3 is 5.97 Å². The Labute approximate surface area is 145 Å². The summed E-state index contributed by atoms with van der Waals surface area (Å²) in [5.41, 5.74) is 2.21. The summed E-state index contributed by atoms with van der Waals surface area (Å²) in [4.78, 5) is 25.1. The van der Waals surface area contributed by atoms with Crippen LogP contribution in [0.4, 0.5) is 0 Å². The smallest absolute Gasteiger partial charge is 0.343 e. The summed E-state index contributed by atoms with van der Waals surface area (Å²) in [5.74, 6) is -0.358. The zero-order valence-corrected chi connectivity index (χ0v) is 14.1. The average molecular weight is 334 g/mol. The van der Waals surface area contributed by atoms with Gasteiger partial charge in [-0.1, -0.05) is 49.4 Å². The minimum Gasteiger partial charge on any atom is -0.420 e. The molecule has 0 atom stereocenters. The first kappa shape index (κ1) is 16.6. The molecule has 3 aromatic rings. The summed E-state index contributed by atoms with van der Waals surface area (Å²) in [7, 11) is 1.57. The predicted molar refractivity (Wildman–Crippen MR) is 95.7 cm³/mol. The number of ether oxygens (including phenoxy) is 1. The third-order valence-corrected chi connectivity index (χ3v) is 3.98. The maximum atomic E-state index is 12.7. The summed E-state index contributed by atoms with van der Waals surface area (Å²) in [6, 6.07) is 16.2. The lowest BCUT2D eigenvalue weighted by atomic mass is 9.99. The number of hydrogen-bond donors (Lipinski definition) is 0. The van der Waals surface area contributed by atoms with Crippen LogP contribution in [0.15, 0.2) is 65.6 Å². The van der Waals surface area contributed by atoms with Crippen molar-refractivity contribution in [3.05, 3.63) is 82.3 Å². The van der Waals surface area contributed by atoms with E-state index in [9.17, 15) is 9.59 Å². The second-order valence-electron chi connectivity index (χ2n) is 5.58. The lowest BCUT2D eigenvalue weighted by Crippen LogP contribution is -2.23. The summed E-state index contributed by atoms with van der Waals surface area (Å²) in [5, 5.41) is 3.99. The van der Waals surface area contributed by atoms with Gasteiger partial charge in [-0.05, 0) is 29.7 Å². The highest BCUT2D eigenvalue weighted by Gasteiger charge is 2.19. The minimum atomic E-state index is -0.522. The number of aryl methyl sites for hydroxylation is 2. The quantitative estimate of drug-likeness (QED) is 0.687. The van der Waals surface area contributed by atoms with Gasteiger partial charge in [-0.3, -0.25) is 4.79 Å². The van der Waals surface area contributed by atoms with Gasteiger partial charge in [0.15, 0.2) is 5.75 Å². The maximum Gasteiger partial charge on any atom is 0.343 e. The standard InChI is InChI=1S/C20H18N2O3/c1-3-14-9-7-8-12-16(14)18-17(13-21-22(2)19(18)23)25-20(24)15-10-5-4-6-11-15/h4-13H,3H2,1-2H3. The third-order valence-electron chi connectivity index (χ3n) is 3.98. The van der Waals surface area contributed by atoms with Gasteiger partial charge in [0.05, 0.1) is 17.3 Å². The topological polar surface area (TPSA) is 61.2 Å². The number of nitrogens with zero attached hydrogens (tertiary/aromatic N) is 2. The van der Waals surface area contributed by atoms with Crippen molar-refractivity contribution in [2.24, 2.45) is 7.05 Å². The Balaban J connectivity index is 2.11. The molecule has 0 radical (unpaired) electrons. The first-order valence-electron chi connectivity index (χ1n) is 8.03. The molecule has 0 bridgehead atoms. The van der Waals surface area contributed by atoms with Crippen molar-refractivity contribution in [2.45, 2.75) is 13.3 Å². The summed E-state index contributed by atoms with van der Waals surface area (Å²) in [6.07, 6.45) is 2.16. The number of carbonyl (C=O) groups excluding carboxylic acids is 1. The van der Waals surface area contributed by atoms with E-state index in [1.54, 1.807) is 31.3 Å². The van der Waals surface area contributed by atoms with Gasteiger partial charge in [0.1, 0.15) is 0 Å². The van der Waals surface area contributed by atoms with Crippen molar-refractivity contribution < 1.29 is 9.53 Å². The summed E-state index contributed by atoms with van der Waals surface area (Å²) in [6.45, 7) is 2.01. The van der Waals surface area contributed by atoms with Crippen LogP contribution in [0.3, 0.4) is 0 Å². The van der Waals surface area contributed by atoms with Crippen molar-refractivity contribution in [3.63, 3.8) is 0 Å². The molecule has 0 fully saturated rings. The van der Waals surface area contributed by atoms with Crippen molar-refractivity contribution in [1.29, 1.82) is 0 Å². The van der Waals surface area contributed by atoms with Crippen LogP contribution in [0.25, 0.3) is 11.1 Å². The first-order chi connectivity index (χ1) is 12.1. The van der Waals surface area contributed by atoms with Crippen LogP contribution in [0.5, 0.6) is 5.75 Å². The van der Waals surface area contributed by atoms with Crippen molar-refractivity contribution in [2.75, 3.05) is 0 Å². The van der Waals surface area contributed by atoms with Crippen LogP contribution in [0.1, 0.15) is 22.8 Å². The molecule has 0 aliphatic heterocycles. The lowest BCUT2D eigenvalue weighted by molar-refractivity contribution is 0.0734. The molecule has 2 aromatic carbocycles. The molecular weight excluding hydrogens is 316 g/mol. The number of rotatable bonds is 4. The van der Waals surface area contributed by atoms with Gasteiger partial charge in [-0.2, -0.15) is 5.10 Å². The van der Waals surface area contributed by atoms with E-state index in [0.717, 1.165) is 17.5 Å². The lowest BCUT2D eigenvalue weighted by Gasteiger charge is -2.13. The molecule has 5 heteroatoms. The Kier molecular flexibility index (Phi) is 4.75. The third kappa shape index (κ3) is 3.35. The highest BCUT2D eigenvalue weighted by atomic mass is 16.5. The maximum absolute atomic E-state index is 12.7. The number of carbonyl (C=O) groups is 1. The number of esters is 1. The van der Waals surface area contributed by atoms with E-state index < -0.39 is 5.97 Å². The molecular formula is C20H18N2O3. The van der Waals surface area contributed by atoms with Crippen molar-refractivity contribution in [1.82, 2.24) is 9.78 Å². The fraction of sp³-hybridized carbons (Fsp3) is 0.150. The Bertz CT molecular complexity index is 962. The molecule has 0 aliphatic carbocycles. The molecule has 0 amide bonds. The molecule has 0 spiro atoms. The Morgan fingerprint density at radius 3 is 2.48 bits per heavy atom. The fourth-order valence-corrected chi connectivity index (χ4v) is 2.65. The van der Waals surface area contributed by atoms with Crippen LogP contribution in [-0.4, -0.2) is 15.7 Å². The van der Waals surface area contributed by atoms with E-state index in [2.05, 4.69) is 5.10 Å². The fourth-order valence-electron chi connectivity index (χ4n) is 2.65. The van der Waals surface area contributed by atoms with E-state index in [1.165, 1.54) is 10.9 Å². The van der Waals surface area contributed by atoms with E-state index in [-0.39, 0.29) is 11.3 Å². The molecule has 0 unspecified atom stereocenters. The molecule has 3 rings (SSSR count). The number of benzene rings is 2. The molecule has 25 heavy (non-hydrogen) atoms. The SMILES string of the molecule is CCc1ccccc1-c1c(OC(=O)c2ccccc2)cnn(C)c1=O. The number of hydrogen-bond acceptors (Lipinski definition) is 4. The van der Waals surface area contributed by atoms with Crippen LogP contribution >= 0.6 is 0 Å². The van der Waals surface area contributed by atoms with Gasteiger partial charge < -0.3 is 4.74 Å². The van der Waals surface area contributed by atoms with Gasteiger partial charge in [0.25, 0.3) is 5.56 Å². The van der Waals surface area contributed by atoms with Crippen LogP contribution in [0, 0.1) is 0 Å². The largest absolute Gasteiger partial charge is 0.420 e. The molecule has 5 nitrogen and oxygen atoms in total. The monoisotopic (exact) mass is 334 g/mol. The minimum absolute atomic E-state index is 0.165. The average Bonchev–Trinajstić information content (AvgIpc) is 2.65. The number of aromatic nitrogens is 2. The Morgan fingerprint density at radius 1 is 1.08 bits per heavy atom. The molecule has 0 saturated heterocycles. The van der Waals surface area contributed by atoms with Crippen LogP contribution in [-0.2, 0) is 13.5 Å². The van der Waals surface area contributed by atoms with Crippen LogP contribution in [0.2, 0.25) is 0 Å². The van der Waals surface area contributed by atoms with Gasteiger partial charge in [-0.15, -0.1) is 0 Å². The van der Waals surface area contributed by atoms with Gasteiger partial charge in [-0.25, -0.2) is 9.48 Å². The zero-order valence-electron chi connectivity index (χ0n) is 14.1. The Morgan fingerprint density at radius 2 is 1.76 bits per heavy atom. The molecule has 126 valence electrons. The first-order valence-corrected chi connectivity index (χ1v) is 8.03. The van der Waals surface area contributed by atoms with E-state index in [4.69, 9.17) is 4.74 Å². The molecule has 0 aliphatic rings. The van der Waals surface area contributed by atoms with E-state index in [1.807, 2.05) is 37.3 Å². The molecule has 0 N–H and O–H groups in total. The zero-order chi connectivity index (χ0) is 17.8. The summed E-state index contributed by atoms with van der Waals surface area (Å²) >= 11 is 0. The van der Waals surface area contributed by atoms with Crippen molar-refractivity contribution in [3.8, 4) is 16.9 Å². The second-order valence-corrected chi connectivity index (χ2v) is 5.58. The van der Waals surface area contributed by atoms with Gasteiger partial charge in [0.2, 0.25) is 0 Å². The van der Waals surface area contributed by atoms with E-state index in [0.29, 0.717) is 11.1 Å². The highest BCUT2D eigenvalue weighted by Crippen LogP contribution is 2.29. The van der Waals surface area contributed by atoms with Crippen LogP contribution < -0.4 is 10.3 Å². The molecule has 0 saturated carbocycles. The van der Waals surface area contributed by atoms with E-state index >= 15 is 0 Å². The highest BCUT2D eigenvalue weighted by molar-refractivity contribution is 5.92. The summed E-state index contributed by atoms with van der Waals surface area (Å²) < 4.78 is 6.74. The normalized spacial score (nSPS) is 10.5. The Hall–Kier alpha value is -3.21. The van der Waals surface area contributed by atoms with Gasteiger partial charge in [0, 0.05) is 7.05 Å². The van der Waals surface area contributed by atoms with Crippen molar-refractivity contribution >= 4 is 5.97 Å².